The number of rotatable bonds is 4. The summed E-state index contributed by atoms with van der Waals surface area (Å²) in [6.07, 6.45) is 0.212. The van der Waals surface area contributed by atoms with Crippen LogP contribution in [0.1, 0.15) is 23.7 Å². The molecule has 2 rings (SSSR count). The van der Waals surface area contributed by atoms with E-state index >= 15 is 0 Å². The van der Waals surface area contributed by atoms with Crippen molar-refractivity contribution in [2.75, 3.05) is 18.0 Å². The minimum absolute atomic E-state index is 0.0258. The van der Waals surface area contributed by atoms with Crippen molar-refractivity contribution in [1.82, 2.24) is 0 Å². The zero-order valence-electron chi connectivity index (χ0n) is 11.3. The Hall–Kier alpha value is -1.86. The van der Waals surface area contributed by atoms with E-state index in [1.165, 1.54) is 0 Å². The summed E-state index contributed by atoms with van der Waals surface area (Å²) in [6.45, 7) is 2.70. The molecule has 2 atom stereocenters. The minimum atomic E-state index is -1.27. The summed E-state index contributed by atoms with van der Waals surface area (Å²) in [4.78, 5) is 23.3. The van der Waals surface area contributed by atoms with Crippen LogP contribution in [-0.4, -0.2) is 40.3 Å². The molecule has 21 heavy (non-hydrogen) atoms. The molecule has 0 amide bonds. The molecule has 2 N–H and O–H groups in total. The number of carbonyl (C=O) groups is 1. The summed E-state index contributed by atoms with van der Waals surface area (Å²) in [6, 6.07) is 2.16. The molecule has 0 radical (unpaired) electrons. The average molecular weight is 315 g/mol. The van der Waals surface area contributed by atoms with Gasteiger partial charge in [-0.15, -0.1) is 0 Å². The fourth-order valence-corrected chi connectivity index (χ4v) is 2.89. The van der Waals surface area contributed by atoms with Gasteiger partial charge in [-0.05, 0) is 13.3 Å². The van der Waals surface area contributed by atoms with Crippen molar-refractivity contribution in [3.63, 3.8) is 0 Å². The van der Waals surface area contributed by atoms with E-state index in [1.807, 2.05) is 0 Å². The number of nitrogens with zero attached hydrogens (tertiary/aromatic N) is 2. The number of aliphatic hydroxyl groups excluding tert-OH is 1. The number of carboxylic acid groups (broad SMARTS) is 1. The average Bonchev–Trinajstić information content (AvgIpc) is 2.86. The molecule has 1 aliphatic heterocycles. The van der Waals surface area contributed by atoms with Crippen molar-refractivity contribution in [3.05, 3.63) is 32.8 Å². The number of aliphatic hydroxyl groups is 1. The number of halogens is 1. The maximum Gasteiger partial charge on any atom is 0.338 e. The van der Waals surface area contributed by atoms with Gasteiger partial charge in [0.2, 0.25) is 0 Å². The SMILES string of the molecule is CC(O)C1CCN(c2c(Cl)cc([N+](=O)[O-])cc2C(=O)O)C1. The lowest BCUT2D eigenvalue weighted by Gasteiger charge is -2.22. The first-order chi connectivity index (χ1) is 9.81. The maximum atomic E-state index is 11.4. The zero-order valence-corrected chi connectivity index (χ0v) is 12.1. The van der Waals surface area contributed by atoms with Crippen LogP contribution in [0.5, 0.6) is 0 Å². The van der Waals surface area contributed by atoms with Gasteiger partial charge in [-0.1, -0.05) is 11.6 Å². The predicted molar refractivity (Wildman–Crippen MR) is 77.1 cm³/mol. The fourth-order valence-electron chi connectivity index (χ4n) is 2.56. The number of anilines is 1. The van der Waals surface area contributed by atoms with Gasteiger partial charge in [-0.25, -0.2) is 4.79 Å². The smallest absolute Gasteiger partial charge is 0.338 e. The lowest BCUT2D eigenvalue weighted by molar-refractivity contribution is -0.384. The van der Waals surface area contributed by atoms with Gasteiger partial charge in [-0.2, -0.15) is 0 Å². The molecule has 7 nitrogen and oxygen atoms in total. The normalized spacial score (nSPS) is 19.6. The first kappa shape index (κ1) is 15.5. The highest BCUT2D eigenvalue weighted by molar-refractivity contribution is 6.34. The van der Waals surface area contributed by atoms with Gasteiger partial charge in [0, 0.05) is 31.1 Å². The van der Waals surface area contributed by atoms with E-state index in [2.05, 4.69) is 0 Å². The second kappa shape index (κ2) is 5.87. The molecule has 0 spiro atoms. The Morgan fingerprint density at radius 3 is 2.71 bits per heavy atom. The Labute approximate surface area is 125 Å². The van der Waals surface area contributed by atoms with Gasteiger partial charge in [0.25, 0.3) is 5.69 Å². The molecule has 0 bridgehead atoms. The van der Waals surface area contributed by atoms with Crippen LogP contribution in [0, 0.1) is 16.0 Å². The quantitative estimate of drug-likeness (QED) is 0.652. The van der Waals surface area contributed by atoms with Crippen LogP contribution in [-0.2, 0) is 0 Å². The van der Waals surface area contributed by atoms with E-state index in [0.717, 1.165) is 12.1 Å². The summed E-state index contributed by atoms with van der Waals surface area (Å²) in [5, 5.41) is 29.7. The first-order valence-electron chi connectivity index (χ1n) is 6.45. The van der Waals surface area contributed by atoms with Crippen molar-refractivity contribution >= 4 is 28.9 Å². The number of hydrogen-bond donors (Lipinski definition) is 2. The lowest BCUT2D eigenvalue weighted by atomic mass is 10.0. The zero-order chi connectivity index (χ0) is 15.7. The van der Waals surface area contributed by atoms with Gasteiger partial charge in [0.05, 0.1) is 27.3 Å². The number of benzene rings is 1. The molecule has 0 saturated carbocycles. The van der Waals surface area contributed by atoms with E-state index in [0.29, 0.717) is 19.5 Å². The van der Waals surface area contributed by atoms with Crippen LogP contribution < -0.4 is 4.90 Å². The Morgan fingerprint density at radius 2 is 2.24 bits per heavy atom. The van der Waals surface area contributed by atoms with Crippen LogP contribution in [0.15, 0.2) is 12.1 Å². The van der Waals surface area contributed by atoms with Crippen LogP contribution in [0.4, 0.5) is 11.4 Å². The third-order valence-corrected chi connectivity index (χ3v) is 4.00. The second-order valence-corrected chi connectivity index (χ2v) is 5.53. The van der Waals surface area contributed by atoms with Crippen LogP contribution in [0.3, 0.4) is 0 Å². The monoisotopic (exact) mass is 314 g/mol. The minimum Gasteiger partial charge on any atom is -0.478 e. The summed E-state index contributed by atoms with van der Waals surface area (Å²) in [5.74, 6) is -1.24. The summed E-state index contributed by atoms with van der Waals surface area (Å²) >= 11 is 6.06. The number of non-ortho nitro benzene ring substituents is 1. The maximum absolute atomic E-state index is 11.4. The number of nitro groups is 1. The van der Waals surface area contributed by atoms with Crippen molar-refractivity contribution < 1.29 is 19.9 Å². The van der Waals surface area contributed by atoms with Gasteiger partial charge in [-0.3, -0.25) is 10.1 Å². The highest BCUT2D eigenvalue weighted by atomic mass is 35.5. The van der Waals surface area contributed by atoms with E-state index in [9.17, 15) is 25.1 Å². The Morgan fingerprint density at radius 1 is 1.57 bits per heavy atom. The molecule has 114 valence electrons. The van der Waals surface area contributed by atoms with Crippen molar-refractivity contribution in [3.8, 4) is 0 Å². The van der Waals surface area contributed by atoms with Crippen LogP contribution in [0.2, 0.25) is 5.02 Å². The first-order valence-corrected chi connectivity index (χ1v) is 6.83. The number of carboxylic acids is 1. The standard InChI is InChI=1S/C13H15ClN2O5/c1-7(17)8-2-3-15(6-8)12-10(13(18)19)4-9(16(20)21)5-11(12)14/h4-5,7-8,17H,2-3,6H2,1H3,(H,18,19). The molecule has 0 aliphatic carbocycles. The summed E-state index contributed by atoms with van der Waals surface area (Å²) < 4.78 is 0. The molecule has 1 aromatic carbocycles. The molecule has 8 heteroatoms. The van der Waals surface area contributed by atoms with Crippen LogP contribution in [0.25, 0.3) is 0 Å². The number of hydrogen-bond acceptors (Lipinski definition) is 5. The van der Waals surface area contributed by atoms with Crippen LogP contribution >= 0.6 is 11.6 Å². The topological polar surface area (TPSA) is 104 Å². The second-order valence-electron chi connectivity index (χ2n) is 5.12. The molecule has 0 aromatic heterocycles. The number of nitro benzene ring substituents is 1. The van der Waals surface area contributed by atoms with E-state index < -0.39 is 17.0 Å². The Bertz CT molecular complexity index is 590. The molecule has 2 unspecified atom stereocenters. The van der Waals surface area contributed by atoms with Crippen molar-refractivity contribution in [2.45, 2.75) is 19.4 Å². The third kappa shape index (κ3) is 3.08. The third-order valence-electron chi connectivity index (χ3n) is 3.71. The molecule has 1 heterocycles. The van der Waals surface area contributed by atoms with E-state index in [4.69, 9.17) is 11.6 Å². The molecule has 1 aromatic rings. The Balaban J connectivity index is 2.44. The van der Waals surface area contributed by atoms with Crippen molar-refractivity contribution in [2.24, 2.45) is 5.92 Å². The molecule has 1 fully saturated rings. The molecular formula is C13H15ClN2O5. The lowest BCUT2D eigenvalue weighted by Crippen LogP contribution is -2.25. The fraction of sp³-hybridized carbons (Fsp3) is 0.462. The van der Waals surface area contributed by atoms with E-state index in [1.54, 1.807) is 11.8 Å². The summed E-state index contributed by atoms with van der Waals surface area (Å²) in [7, 11) is 0. The predicted octanol–water partition coefficient (Wildman–Crippen LogP) is 2.15. The number of aromatic carboxylic acids is 1. The van der Waals surface area contributed by atoms with Gasteiger partial charge >= 0.3 is 5.97 Å². The van der Waals surface area contributed by atoms with Crippen molar-refractivity contribution in [1.29, 1.82) is 0 Å². The summed E-state index contributed by atoms with van der Waals surface area (Å²) in [5.41, 5.74) is -0.272. The highest BCUT2D eigenvalue weighted by Gasteiger charge is 2.31. The molecule has 1 aliphatic rings. The largest absolute Gasteiger partial charge is 0.478 e. The van der Waals surface area contributed by atoms with Gasteiger partial charge in [0.1, 0.15) is 0 Å². The van der Waals surface area contributed by atoms with E-state index in [-0.39, 0.29) is 27.9 Å². The highest BCUT2D eigenvalue weighted by Crippen LogP contribution is 2.37. The van der Waals surface area contributed by atoms with Gasteiger partial charge < -0.3 is 15.1 Å². The molecule has 1 saturated heterocycles. The Kier molecular flexibility index (Phi) is 4.34. The van der Waals surface area contributed by atoms with Gasteiger partial charge in [0.15, 0.2) is 0 Å². The molecular weight excluding hydrogens is 300 g/mol.